The van der Waals surface area contributed by atoms with Gasteiger partial charge in [-0.25, -0.2) is 4.98 Å². The number of aromatic nitrogens is 1. The second kappa shape index (κ2) is 6.12. The normalized spacial score (nSPS) is 10.8. The molecule has 0 fully saturated rings. The monoisotopic (exact) mass is 261 g/mol. The number of aryl methyl sites for hydroxylation is 2. The van der Waals surface area contributed by atoms with Crippen molar-refractivity contribution >= 4 is 11.3 Å². The average molecular weight is 261 g/mol. The van der Waals surface area contributed by atoms with Gasteiger partial charge in [0, 0.05) is 5.56 Å². The first-order valence-electron chi connectivity index (χ1n) is 6.47. The SMILES string of the molecule is CCCc1nc(-c2ccc(CC)cc2)sc1CO. The van der Waals surface area contributed by atoms with Crippen molar-refractivity contribution in [1.29, 1.82) is 0 Å². The van der Waals surface area contributed by atoms with Crippen LogP contribution in [0, 0.1) is 0 Å². The smallest absolute Gasteiger partial charge is 0.123 e. The van der Waals surface area contributed by atoms with Gasteiger partial charge in [0.05, 0.1) is 17.2 Å². The van der Waals surface area contributed by atoms with Crippen molar-refractivity contribution in [3.8, 4) is 10.6 Å². The molecule has 1 heterocycles. The molecule has 1 aromatic heterocycles. The van der Waals surface area contributed by atoms with E-state index in [4.69, 9.17) is 0 Å². The predicted molar refractivity (Wildman–Crippen MR) is 76.8 cm³/mol. The van der Waals surface area contributed by atoms with Gasteiger partial charge in [-0.1, -0.05) is 44.5 Å². The molecular weight excluding hydrogens is 242 g/mol. The fourth-order valence-corrected chi connectivity index (χ4v) is 2.92. The minimum Gasteiger partial charge on any atom is -0.391 e. The lowest BCUT2D eigenvalue weighted by atomic mass is 10.1. The van der Waals surface area contributed by atoms with Gasteiger partial charge in [0.2, 0.25) is 0 Å². The molecule has 1 aromatic carbocycles. The molecule has 18 heavy (non-hydrogen) atoms. The van der Waals surface area contributed by atoms with Crippen molar-refractivity contribution in [2.75, 3.05) is 0 Å². The van der Waals surface area contributed by atoms with Gasteiger partial charge in [-0.05, 0) is 18.4 Å². The van der Waals surface area contributed by atoms with Crippen molar-refractivity contribution in [3.63, 3.8) is 0 Å². The minimum absolute atomic E-state index is 0.0973. The Labute approximate surface area is 112 Å². The molecule has 0 unspecified atom stereocenters. The van der Waals surface area contributed by atoms with Crippen LogP contribution < -0.4 is 0 Å². The van der Waals surface area contributed by atoms with Crippen molar-refractivity contribution in [2.45, 2.75) is 39.7 Å². The lowest BCUT2D eigenvalue weighted by Gasteiger charge is -1.98. The molecule has 0 aliphatic heterocycles. The lowest BCUT2D eigenvalue weighted by Crippen LogP contribution is -1.89. The number of aliphatic hydroxyl groups is 1. The Morgan fingerprint density at radius 3 is 2.44 bits per heavy atom. The van der Waals surface area contributed by atoms with E-state index < -0.39 is 0 Å². The van der Waals surface area contributed by atoms with Gasteiger partial charge in [-0.15, -0.1) is 11.3 Å². The van der Waals surface area contributed by atoms with E-state index in [1.807, 2.05) is 0 Å². The van der Waals surface area contributed by atoms with Crippen molar-refractivity contribution in [3.05, 3.63) is 40.4 Å². The summed E-state index contributed by atoms with van der Waals surface area (Å²) >= 11 is 1.60. The van der Waals surface area contributed by atoms with Gasteiger partial charge in [0.15, 0.2) is 0 Å². The molecule has 2 aromatic rings. The minimum atomic E-state index is 0.0973. The Morgan fingerprint density at radius 2 is 1.89 bits per heavy atom. The summed E-state index contributed by atoms with van der Waals surface area (Å²) in [6.45, 7) is 4.39. The summed E-state index contributed by atoms with van der Waals surface area (Å²) in [6, 6.07) is 8.53. The number of rotatable bonds is 5. The van der Waals surface area contributed by atoms with Crippen LogP contribution in [0.3, 0.4) is 0 Å². The third-order valence-electron chi connectivity index (χ3n) is 3.02. The summed E-state index contributed by atoms with van der Waals surface area (Å²) < 4.78 is 0. The van der Waals surface area contributed by atoms with Gasteiger partial charge >= 0.3 is 0 Å². The van der Waals surface area contributed by atoms with Gasteiger partial charge in [-0.3, -0.25) is 0 Å². The number of benzene rings is 1. The molecule has 1 N–H and O–H groups in total. The van der Waals surface area contributed by atoms with E-state index in [1.54, 1.807) is 11.3 Å². The van der Waals surface area contributed by atoms with E-state index in [0.717, 1.165) is 40.4 Å². The van der Waals surface area contributed by atoms with E-state index in [0.29, 0.717) is 0 Å². The van der Waals surface area contributed by atoms with Crippen LogP contribution in [0.1, 0.15) is 36.4 Å². The third-order valence-corrected chi connectivity index (χ3v) is 4.15. The third kappa shape index (κ3) is 2.79. The standard InChI is InChI=1S/C15H19NOS/c1-3-5-13-14(10-17)18-15(16-13)12-8-6-11(4-2)7-9-12/h6-9,17H,3-5,10H2,1-2H3. The van der Waals surface area contributed by atoms with Crippen molar-refractivity contribution in [1.82, 2.24) is 4.98 Å². The highest BCUT2D eigenvalue weighted by molar-refractivity contribution is 7.15. The molecule has 0 saturated carbocycles. The molecule has 2 rings (SSSR count). The van der Waals surface area contributed by atoms with Crippen LogP contribution in [0.25, 0.3) is 10.6 Å². The average Bonchev–Trinajstić information content (AvgIpc) is 2.82. The number of hydrogen-bond acceptors (Lipinski definition) is 3. The zero-order chi connectivity index (χ0) is 13.0. The summed E-state index contributed by atoms with van der Waals surface area (Å²) in [5.41, 5.74) is 3.54. The van der Waals surface area contributed by atoms with Gasteiger partial charge < -0.3 is 5.11 Å². The highest BCUT2D eigenvalue weighted by Gasteiger charge is 2.11. The van der Waals surface area contributed by atoms with Crippen LogP contribution in [-0.4, -0.2) is 10.1 Å². The topological polar surface area (TPSA) is 33.1 Å². The highest BCUT2D eigenvalue weighted by atomic mass is 32.1. The van der Waals surface area contributed by atoms with Crippen LogP contribution in [0.15, 0.2) is 24.3 Å². The Hall–Kier alpha value is -1.19. The molecule has 0 atom stereocenters. The molecule has 0 bridgehead atoms. The maximum Gasteiger partial charge on any atom is 0.123 e. The van der Waals surface area contributed by atoms with Crippen LogP contribution in [0.2, 0.25) is 0 Å². The van der Waals surface area contributed by atoms with Gasteiger partial charge in [0.25, 0.3) is 0 Å². The van der Waals surface area contributed by atoms with Crippen LogP contribution >= 0.6 is 11.3 Å². The first kappa shape index (κ1) is 13.2. The summed E-state index contributed by atoms with van der Waals surface area (Å²) in [7, 11) is 0. The quantitative estimate of drug-likeness (QED) is 0.887. The fraction of sp³-hybridized carbons (Fsp3) is 0.400. The molecule has 2 nitrogen and oxygen atoms in total. The first-order valence-corrected chi connectivity index (χ1v) is 7.28. The fourth-order valence-electron chi connectivity index (χ4n) is 1.95. The van der Waals surface area contributed by atoms with Gasteiger partial charge in [-0.2, -0.15) is 0 Å². The predicted octanol–water partition coefficient (Wildman–Crippen LogP) is 3.82. The Bertz CT molecular complexity index is 502. The Kier molecular flexibility index (Phi) is 4.50. The Balaban J connectivity index is 2.31. The molecule has 96 valence electrons. The zero-order valence-electron chi connectivity index (χ0n) is 10.9. The summed E-state index contributed by atoms with van der Waals surface area (Å²) in [5, 5.41) is 10.4. The maximum absolute atomic E-state index is 9.36. The number of thiazole rings is 1. The number of aliphatic hydroxyl groups excluding tert-OH is 1. The second-order valence-corrected chi connectivity index (χ2v) is 5.43. The number of hydrogen-bond donors (Lipinski definition) is 1. The molecular formula is C15H19NOS. The van der Waals surface area contributed by atoms with Crippen molar-refractivity contribution < 1.29 is 5.11 Å². The van der Waals surface area contributed by atoms with E-state index in [9.17, 15) is 5.11 Å². The lowest BCUT2D eigenvalue weighted by molar-refractivity contribution is 0.284. The van der Waals surface area contributed by atoms with Crippen LogP contribution in [0.4, 0.5) is 0 Å². The second-order valence-electron chi connectivity index (χ2n) is 4.35. The summed E-state index contributed by atoms with van der Waals surface area (Å²) in [6.07, 6.45) is 3.06. The molecule has 0 aliphatic carbocycles. The highest BCUT2D eigenvalue weighted by Crippen LogP contribution is 2.29. The molecule has 0 saturated heterocycles. The first-order chi connectivity index (χ1) is 8.78. The zero-order valence-corrected chi connectivity index (χ0v) is 11.8. The van der Waals surface area contributed by atoms with Crippen molar-refractivity contribution in [2.24, 2.45) is 0 Å². The molecule has 3 heteroatoms. The van der Waals surface area contributed by atoms with Crippen LogP contribution in [0.5, 0.6) is 0 Å². The number of nitrogens with zero attached hydrogens (tertiary/aromatic N) is 1. The van der Waals surface area contributed by atoms with E-state index in [1.165, 1.54) is 5.56 Å². The molecule has 0 radical (unpaired) electrons. The maximum atomic E-state index is 9.36. The summed E-state index contributed by atoms with van der Waals surface area (Å²) in [5.74, 6) is 0. The molecule has 0 amide bonds. The largest absolute Gasteiger partial charge is 0.391 e. The van der Waals surface area contributed by atoms with Crippen LogP contribution in [-0.2, 0) is 19.4 Å². The van der Waals surface area contributed by atoms with Gasteiger partial charge in [0.1, 0.15) is 5.01 Å². The Morgan fingerprint density at radius 1 is 1.17 bits per heavy atom. The summed E-state index contributed by atoms with van der Waals surface area (Å²) in [4.78, 5) is 5.66. The molecule has 0 aliphatic rings. The van der Waals surface area contributed by atoms with E-state index >= 15 is 0 Å². The van der Waals surface area contributed by atoms with E-state index in [2.05, 4.69) is 43.1 Å². The molecule has 0 spiro atoms. The van der Waals surface area contributed by atoms with E-state index in [-0.39, 0.29) is 6.61 Å².